The van der Waals surface area contributed by atoms with Gasteiger partial charge < -0.3 is 5.32 Å². The third kappa shape index (κ3) is 2.80. The van der Waals surface area contributed by atoms with E-state index in [1.807, 2.05) is 6.07 Å². The van der Waals surface area contributed by atoms with Crippen molar-refractivity contribution in [1.82, 2.24) is 0 Å². The summed E-state index contributed by atoms with van der Waals surface area (Å²) in [6.45, 7) is 6.73. The van der Waals surface area contributed by atoms with Crippen molar-refractivity contribution in [2.45, 2.75) is 45.1 Å². The highest BCUT2D eigenvalue weighted by Gasteiger charge is 2.32. The highest BCUT2D eigenvalue weighted by molar-refractivity contribution is 6.33. The summed E-state index contributed by atoms with van der Waals surface area (Å²) in [5.41, 5.74) is 5.34. The molecule has 0 aliphatic heterocycles. The largest absolute Gasteiger partial charge is 0.377 e. The number of benzene rings is 2. The third-order valence-corrected chi connectivity index (χ3v) is 4.89. The van der Waals surface area contributed by atoms with Gasteiger partial charge in [0.25, 0.3) is 0 Å². The minimum Gasteiger partial charge on any atom is -0.377 e. The number of anilines is 1. The number of hydrogen-bond acceptors (Lipinski definition) is 1. The topological polar surface area (TPSA) is 12.0 Å². The molecule has 2 aromatic rings. The lowest BCUT2D eigenvalue weighted by Crippen LogP contribution is -2.29. The van der Waals surface area contributed by atoms with E-state index in [1.165, 1.54) is 23.1 Å². The van der Waals surface area contributed by atoms with Gasteiger partial charge in [-0.25, -0.2) is 0 Å². The molecule has 0 fully saturated rings. The van der Waals surface area contributed by atoms with Gasteiger partial charge in [0.1, 0.15) is 0 Å². The van der Waals surface area contributed by atoms with Crippen LogP contribution in [0.15, 0.2) is 42.5 Å². The Balaban J connectivity index is 1.94. The van der Waals surface area contributed by atoms with Gasteiger partial charge in [-0.3, -0.25) is 0 Å². The first-order valence-electron chi connectivity index (χ1n) is 7.59. The van der Waals surface area contributed by atoms with Crippen LogP contribution in [0.4, 0.5) is 5.69 Å². The van der Waals surface area contributed by atoms with Crippen LogP contribution in [0, 0.1) is 6.92 Å². The van der Waals surface area contributed by atoms with E-state index in [1.54, 1.807) is 0 Å². The lowest BCUT2D eigenvalue weighted by Gasteiger charge is -2.37. The van der Waals surface area contributed by atoms with Crippen LogP contribution in [-0.4, -0.2) is 0 Å². The predicted octanol–water partition coefficient (Wildman–Crippen LogP) is 5.87. The first kappa shape index (κ1) is 14.5. The molecule has 1 atom stereocenters. The first-order chi connectivity index (χ1) is 9.97. The summed E-state index contributed by atoms with van der Waals surface area (Å²) in [6.07, 6.45) is 2.32. The molecule has 3 rings (SSSR count). The van der Waals surface area contributed by atoms with Gasteiger partial charge >= 0.3 is 0 Å². The van der Waals surface area contributed by atoms with Crippen molar-refractivity contribution >= 4 is 17.3 Å². The zero-order valence-electron chi connectivity index (χ0n) is 12.9. The van der Waals surface area contributed by atoms with Gasteiger partial charge in [-0.15, -0.1) is 0 Å². The van der Waals surface area contributed by atoms with Crippen molar-refractivity contribution in [2.75, 3.05) is 5.32 Å². The third-order valence-electron chi connectivity index (χ3n) is 4.58. The van der Waals surface area contributed by atoms with Gasteiger partial charge in [0.05, 0.1) is 16.8 Å². The van der Waals surface area contributed by atoms with Gasteiger partial charge in [0.2, 0.25) is 0 Å². The SMILES string of the molecule is Cc1ccc(NC2CCC(C)(C)c3ccccc32)c(Cl)c1. The fraction of sp³-hybridized carbons (Fsp3) is 0.368. The molecule has 0 saturated carbocycles. The van der Waals surface area contributed by atoms with Crippen molar-refractivity contribution in [2.24, 2.45) is 0 Å². The van der Waals surface area contributed by atoms with E-state index in [4.69, 9.17) is 11.6 Å². The van der Waals surface area contributed by atoms with Gasteiger partial charge in [-0.2, -0.15) is 0 Å². The number of aryl methyl sites for hydroxylation is 1. The van der Waals surface area contributed by atoms with E-state index in [2.05, 4.69) is 62.5 Å². The fourth-order valence-electron chi connectivity index (χ4n) is 3.29. The number of nitrogens with one attached hydrogen (secondary N) is 1. The Hall–Kier alpha value is -1.47. The molecule has 1 aliphatic rings. The molecule has 2 aromatic carbocycles. The van der Waals surface area contributed by atoms with Crippen LogP contribution in [0.1, 0.15) is 49.4 Å². The van der Waals surface area contributed by atoms with Crippen molar-refractivity contribution in [3.05, 3.63) is 64.2 Å². The van der Waals surface area contributed by atoms with E-state index in [0.29, 0.717) is 6.04 Å². The van der Waals surface area contributed by atoms with E-state index in [-0.39, 0.29) is 5.41 Å². The minimum atomic E-state index is 0.256. The van der Waals surface area contributed by atoms with Crippen LogP contribution in [0.5, 0.6) is 0 Å². The molecule has 0 saturated heterocycles. The molecule has 0 bridgehead atoms. The smallest absolute Gasteiger partial charge is 0.0640 e. The normalized spacial score (nSPS) is 19.9. The Kier molecular flexibility index (Phi) is 3.71. The van der Waals surface area contributed by atoms with Crippen LogP contribution >= 0.6 is 11.6 Å². The van der Waals surface area contributed by atoms with Gasteiger partial charge in [0.15, 0.2) is 0 Å². The average Bonchev–Trinajstić information content (AvgIpc) is 2.45. The molecule has 0 aromatic heterocycles. The molecule has 1 nitrogen and oxygen atoms in total. The van der Waals surface area contributed by atoms with Gasteiger partial charge in [-0.1, -0.05) is 55.8 Å². The second-order valence-electron chi connectivity index (χ2n) is 6.69. The van der Waals surface area contributed by atoms with Crippen molar-refractivity contribution in [1.29, 1.82) is 0 Å². The van der Waals surface area contributed by atoms with Crippen molar-refractivity contribution in [3.8, 4) is 0 Å². The first-order valence-corrected chi connectivity index (χ1v) is 7.97. The maximum Gasteiger partial charge on any atom is 0.0640 e. The van der Waals surface area contributed by atoms with E-state index < -0.39 is 0 Å². The molecule has 0 radical (unpaired) electrons. The van der Waals surface area contributed by atoms with Crippen molar-refractivity contribution in [3.63, 3.8) is 0 Å². The standard InChI is InChI=1S/C19H22ClN/c1-13-8-9-18(16(20)12-13)21-17-10-11-19(2,3)15-7-5-4-6-14(15)17/h4-9,12,17,21H,10-11H2,1-3H3. The second-order valence-corrected chi connectivity index (χ2v) is 7.10. The molecule has 21 heavy (non-hydrogen) atoms. The van der Waals surface area contributed by atoms with Crippen LogP contribution in [0.3, 0.4) is 0 Å². The van der Waals surface area contributed by atoms with Crippen molar-refractivity contribution < 1.29 is 0 Å². The molecule has 1 unspecified atom stereocenters. The minimum absolute atomic E-state index is 0.256. The van der Waals surface area contributed by atoms with Gasteiger partial charge in [0, 0.05) is 0 Å². The summed E-state index contributed by atoms with van der Waals surface area (Å²) < 4.78 is 0. The van der Waals surface area contributed by atoms with Gasteiger partial charge in [-0.05, 0) is 54.0 Å². The average molecular weight is 300 g/mol. The summed E-state index contributed by atoms with van der Waals surface area (Å²) in [4.78, 5) is 0. The molecule has 1 aliphatic carbocycles. The molecular weight excluding hydrogens is 278 g/mol. The van der Waals surface area contributed by atoms with Crippen LogP contribution in [-0.2, 0) is 5.41 Å². The van der Waals surface area contributed by atoms with Crippen LogP contribution in [0.25, 0.3) is 0 Å². The lowest BCUT2D eigenvalue weighted by molar-refractivity contribution is 0.406. The predicted molar refractivity (Wildman–Crippen MR) is 91.3 cm³/mol. The van der Waals surface area contributed by atoms with E-state index in [0.717, 1.165) is 17.1 Å². The Morgan fingerprint density at radius 2 is 1.90 bits per heavy atom. The summed E-state index contributed by atoms with van der Waals surface area (Å²) in [6, 6.07) is 15.3. The highest BCUT2D eigenvalue weighted by Crippen LogP contribution is 2.43. The number of hydrogen-bond donors (Lipinski definition) is 1. The molecule has 0 heterocycles. The lowest BCUT2D eigenvalue weighted by atomic mass is 9.71. The highest BCUT2D eigenvalue weighted by atomic mass is 35.5. The van der Waals surface area contributed by atoms with E-state index >= 15 is 0 Å². The molecular formula is C19H22ClN. The molecule has 1 N–H and O–H groups in total. The van der Waals surface area contributed by atoms with Crippen LogP contribution in [0.2, 0.25) is 5.02 Å². The Labute approximate surface area is 132 Å². The monoisotopic (exact) mass is 299 g/mol. The summed E-state index contributed by atoms with van der Waals surface area (Å²) in [5, 5.41) is 4.44. The number of halogens is 1. The molecule has 2 heteroatoms. The molecule has 0 spiro atoms. The second kappa shape index (κ2) is 5.38. The maximum absolute atomic E-state index is 6.37. The zero-order chi connectivity index (χ0) is 15.0. The number of rotatable bonds is 2. The Morgan fingerprint density at radius 1 is 1.14 bits per heavy atom. The number of fused-ring (bicyclic) bond motifs is 1. The van der Waals surface area contributed by atoms with E-state index in [9.17, 15) is 0 Å². The summed E-state index contributed by atoms with van der Waals surface area (Å²) in [7, 11) is 0. The zero-order valence-corrected chi connectivity index (χ0v) is 13.7. The fourth-order valence-corrected chi connectivity index (χ4v) is 3.58. The molecule has 110 valence electrons. The Morgan fingerprint density at radius 3 is 2.67 bits per heavy atom. The molecule has 0 amide bonds. The summed E-state index contributed by atoms with van der Waals surface area (Å²) in [5.74, 6) is 0. The Bertz CT molecular complexity index is 660. The van der Waals surface area contributed by atoms with Crippen LogP contribution < -0.4 is 5.32 Å². The quantitative estimate of drug-likeness (QED) is 0.731. The summed E-state index contributed by atoms with van der Waals surface area (Å²) >= 11 is 6.37. The maximum atomic E-state index is 6.37.